The van der Waals surface area contributed by atoms with Crippen molar-refractivity contribution in [1.82, 2.24) is 19.6 Å². The number of carbonyl (C=O) groups is 3. The van der Waals surface area contributed by atoms with Crippen molar-refractivity contribution in [2.75, 3.05) is 20.1 Å². The van der Waals surface area contributed by atoms with Crippen LogP contribution in [0.25, 0.3) is 0 Å². The van der Waals surface area contributed by atoms with E-state index in [-0.39, 0.29) is 12.3 Å². The van der Waals surface area contributed by atoms with Crippen LogP contribution in [0.3, 0.4) is 0 Å². The lowest BCUT2D eigenvalue weighted by atomic mass is 10.1. The van der Waals surface area contributed by atoms with Crippen LogP contribution < -0.4 is 0 Å². The van der Waals surface area contributed by atoms with Crippen LogP contribution in [0.5, 0.6) is 0 Å². The van der Waals surface area contributed by atoms with Crippen molar-refractivity contribution >= 4 is 29.5 Å². The van der Waals surface area contributed by atoms with Crippen LogP contribution in [0.15, 0.2) is 17.1 Å². The number of amidine groups is 1. The van der Waals surface area contributed by atoms with Crippen LogP contribution in [0.4, 0.5) is 4.79 Å². The van der Waals surface area contributed by atoms with Crippen molar-refractivity contribution in [3.63, 3.8) is 0 Å². The molecule has 9 heteroatoms. The lowest BCUT2D eigenvalue weighted by molar-refractivity contribution is -0.529. The number of imide groups is 1. The fourth-order valence-electron chi connectivity index (χ4n) is 3.41. The van der Waals surface area contributed by atoms with Crippen molar-refractivity contribution in [2.45, 2.75) is 40.7 Å². The number of aliphatic imine (C=N–C) groups is 1. The highest BCUT2D eigenvalue weighted by Crippen LogP contribution is 2.22. The first-order chi connectivity index (χ1) is 13.0. The van der Waals surface area contributed by atoms with Gasteiger partial charge in [-0.3, -0.25) is 19.4 Å². The summed E-state index contributed by atoms with van der Waals surface area (Å²) in [4.78, 5) is 44.3. The molecule has 28 heavy (non-hydrogen) atoms. The third kappa shape index (κ3) is 2.96. The second-order valence-electron chi connectivity index (χ2n) is 7.43. The minimum absolute atomic E-state index is 0.263. The molecule has 1 unspecified atom stereocenters. The van der Waals surface area contributed by atoms with Gasteiger partial charge in [0.2, 0.25) is 11.9 Å². The quantitative estimate of drug-likeness (QED) is 0.568. The number of Topliss-reactive ketones (excluding diaryl/α,β-unsaturated/α-hetero) is 1. The van der Waals surface area contributed by atoms with Crippen molar-refractivity contribution in [3.05, 3.63) is 29.1 Å². The lowest BCUT2D eigenvalue weighted by Crippen LogP contribution is -2.63. The van der Waals surface area contributed by atoms with Crippen LogP contribution in [-0.2, 0) is 9.59 Å². The molecule has 148 valence electrons. The smallest absolute Gasteiger partial charge is 0.298 e. The maximum Gasteiger partial charge on any atom is 0.421 e. The number of urea groups is 1. The summed E-state index contributed by atoms with van der Waals surface area (Å²) < 4.78 is 3.48. The van der Waals surface area contributed by atoms with Crippen LogP contribution in [0, 0.1) is 20.8 Å². The summed E-state index contributed by atoms with van der Waals surface area (Å²) in [5.74, 6) is 0.0653. The summed E-state index contributed by atoms with van der Waals surface area (Å²) in [6.07, 6.45) is 0. The molecule has 3 rings (SSSR count). The maximum absolute atomic E-state index is 13.2. The Hall–Kier alpha value is -3.10. The summed E-state index contributed by atoms with van der Waals surface area (Å²) in [5, 5.41) is 4.56. The third-order valence-electron chi connectivity index (χ3n) is 5.05. The molecule has 1 fully saturated rings. The molecule has 0 aromatic carbocycles. The molecule has 0 saturated carbocycles. The predicted octanol–water partition coefficient (Wildman–Crippen LogP) is 0.865. The van der Waals surface area contributed by atoms with Gasteiger partial charge in [0.15, 0.2) is 0 Å². The lowest BCUT2D eigenvalue weighted by Gasteiger charge is -2.33. The molecule has 0 N–H and O–H groups in total. The number of hydrogen-bond acceptors (Lipinski definition) is 5. The van der Waals surface area contributed by atoms with Gasteiger partial charge in [0.1, 0.15) is 11.5 Å². The van der Waals surface area contributed by atoms with Crippen molar-refractivity contribution < 1.29 is 19.0 Å². The molecule has 0 radical (unpaired) electrons. The van der Waals surface area contributed by atoms with Crippen LogP contribution in [-0.4, -0.2) is 79.9 Å². The normalized spacial score (nSPS) is 19.4. The van der Waals surface area contributed by atoms with Gasteiger partial charge < -0.3 is 0 Å². The van der Waals surface area contributed by atoms with Gasteiger partial charge in [0, 0.05) is 12.6 Å². The van der Waals surface area contributed by atoms with Gasteiger partial charge in [-0.1, -0.05) is 11.6 Å². The Morgan fingerprint density at radius 1 is 1.21 bits per heavy atom. The SMILES string of the molecule is C=C(C)C[N+]1=C(n2nc(C)c(C)c2C)N=C2C1C(=O)N(CC(C)=O)C(=O)N2C. The number of aromatic nitrogens is 2. The molecule has 3 amide bonds. The molecular weight excluding hydrogens is 360 g/mol. The Labute approximate surface area is 163 Å². The highest BCUT2D eigenvalue weighted by Gasteiger charge is 2.53. The van der Waals surface area contributed by atoms with E-state index in [0.717, 1.165) is 27.4 Å². The summed E-state index contributed by atoms with van der Waals surface area (Å²) in [5.41, 5.74) is 3.64. The zero-order valence-electron chi connectivity index (χ0n) is 17.1. The standard InChI is InChI=1S/C19H25N6O3/c1-10(2)8-23-15-16(20-18(23)25-14(6)12(4)13(5)21-25)22(7)19(28)24(17(15)27)9-11(3)26/h15H,1,8-9H2,2-7H3/q+1. The maximum atomic E-state index is 13.2. The first kappa shape index (κ1) is 19.7. The second kappa shape index (κ2) is 6.81. The number of fused-ring (bicyclic) bond motifs is 1. The molecule has 0 bridgehead atoms. The second-order valence-corrected chi connectivity index (χ2v) is 7.43. The largest absolute Gasteiger partial charge is 0.421 e. The van der Waals surface area contributed by atoms with Crippen LogP contribution in [0.1, 0.15) is 30.8 Å². The number of amides is 3. The van der Waals surface area contributed by atoms with Gasteiger partial charge in [0.25, 0.3) is 5.91 Å². The number of carbonyl (C=O) groups excluding carboxylic acids is 3. The van der Waals surface area contributed by atoms with E-state index in [2.05, 4.69) is 16.7 Å². The molecule has 1 atom stereocenters. The molecule has 1 aromatic heterocycles. The predicted molar refractivity (Wildman–Crippen MR) is 104 cm³/mol. The Balaban J connectivity index is 2.18. The fourth-order valence-corrected chi connectivity index (χ4v) is 3.41. The van der Waals surface area contributed by atoms with Gasteiger partial charge in [-0.2, -0.15) is 0 Å². The topological polar surface area (TPSA) is 90.9 Å². The molecule has 0 aliphatic carbocycles. The first-order valence-electron chi connectivity index (χ1n) is 9.02. The zero-order chi connectivity index (χ0) is 20.9. The summed E-state index contributed by atoms with van der Waals surface area (Å²) >= 11 is 0. The minimum atomic E-state index is -0.807. The average molecular weight is 385 g/mol. The summed E-state index contributed by atoms with van der Waals surface area (Å²) in [6, 6.07) is -1.37. The van der Waals surface area contributed by atoms with E-state index in [0.29, 0.717) is 18.3 Å². The molecule has 9 nitrogen and oxygen atoms in total. The molecule has 1 aromatic rings. The number of ketones is 1. The average Bonchev–Trinajstić information content (AvgIpc) is 3.09. The van der Waals surface area contributed by atoms with Gasteiger partial charge in [-0.15, -0.1) is 9.78 Å². The van der Waals surface area contributed by atoms with Crippen molar-refractivity contribution in [3.8, 4) is 0 Å². The third-order valence-corrected chi connectivity index (χ3v) is 5.05. The van der Waals surface area contributed by atoms with Crippen molar-refractivity contribution in [2.24, 2.45) is 4.99 Å². The van der Waals surface area contributed by atoms with Crippen LogP contribution >= 0.6 is 0 Å². The van der Waals surface area contributed by atoms with E-state index in [4.69, 9.17) is 0 Å². The summed E-state index contributed by atoms with van der Waals surface area (Å²) in [7, 11) is 1.56. The molecule has 3 heterocycles. The number of likely N-dealkylation sites (N-methyl/N-ethyl adjacent to an activating group) is 1. The number of aryl methyl sites for hydroxylation is 1. The minimum Gasteiger partial charge on any atom is -0.298 e. The Morgan fingerprint density at radius 2 is 1.86 bits per heavy atom. The summed E-state index contributed by atoms with van der Waals surface area (Å²) in [6.45, 7) is 13.1. The van der Waals surface area contributed by atoms with Gasteiger partial charge in [0.05, 0.1) is 18.8 Å². The highest BCUT2D eigenvalue weighted by atomic mass is 16.2. The molecule has 1 saturated heterocycles. The van der Waals surface area contributed by atoms with Gasteiger partial charge in [-0.25, -0.2) is 9.37 Å². The number of nitrogens with zero attached hydrogens (tertiary/aromatic N) is 6. The van der Waals surface area contributed by atoms with E-state index >= 15 is 0 Å². The van der Waals surface area contributed by atoms with E-state index in [1.54, 1.807) is 16.3 Å². The van der Waals surface area contributed by atoms with Gasteiger partial charge >= 0.3 is 12.0 Å². The first-order valence-corrected chi connectivity index (χ1v) is 9.02. The van der Waals surface area contributed by atoms with E-state index in [1.807, 2.05) is 27.7 Å². The Morgan fingerprint density at radius 3 is 2.36 bits per heavy atom. The molecular formula is C19H25N6O3+. The number of hydrogen-bond donors (Lipinski definition) is 0. The molecule has 0 spiro atoms. The van der Waals surface area contributed by atoms with E-state index in [1.165, 1.54) is 11.8 Å². The van der Waals surface area contributed by atoms with Crippen molar-refractivity contribution in [1.29, 1.82) is 0 Å². The Bertz CT molecular complexity index is 984. The Kier molecular flexibility index (Phi) is 4.78. The molecule has 2 aliphatic heterocycles. The molecule has 2 aliphatic rings. The number of rotatable bonds is 4. The van der Waals surface area contributed by atoms with Crippen LogP contribution in [0.2, 0.25) is 0 Å². The van der Waals surface area contributed by atoms with E-state index in [9.17, 15) is 14.4 Å². The monoisotopic (exact) mass is 385 g/mol. The van der Waals surface area contributed by atoms with Gasteiger partial charge in [-0.05, 0) is 40.2 Å². The fraction of sp³-hybridized carbons (Fsp3) is 0.474. The van der Waals surface area contributed by atoms with E-state index < -0.39 is 18.0 Å². The highest BCUT2D eigenvalue weighted by molar-refractivity contribution is 6.23. The zero-order valence-corrected chi connectivity index (χ0v) is 17.1.